The Balaban J connectivity index is 0.000000402. The number of nitrogens with one attached hydrogen (secondary N) is 3. The quantitative estimate of drug-likeness (QED) is 0.0375. The number of nitrogens with two attached hydrogens (primary N) is 1. The van der Waals surface area contributed by atoms with Gasteiger partial charge in [0, 0.05) is 65.5 Å². The third-order valence-electron chi connectivity index (χ3n) is 11.2. The van der Waals surface area contributed by atoms with Gasteiger partial charge in [0.15, 0.2) is 0 Å². The van der Waals surface area contributed by atoms with E-state index in [-0.39, 0.29) is 67.7 Å². The summed E-state index contributed by atoms with van der Waals surface area (Å²) in [6, 6.07) is 19.9. The Morgan fingerprint density at radius 3 is 1.23 bits per heavy atom. The second-order valence-electron chi connectivity index (χ2n) is 18.4. The summed E-state index contributed by atoms with van der Waals surface area (Å²) in [6.45, 7) is 12.5. The summed E-state index contributed by atoms with van der Waals surface area (Å²) in [5.74, 6) is 4.83. The predicted octanol–water partition coefficient (Wildman–Crippen LogP) is 3.99. The molecule has 0 aliphatic carbocycles. The first-order valence-corrected chi connectivity index (χ1v) is 26.3. The lowest BCUT2D eigenvalue weighted by molar-refractivity contribution is -0.136. The van der Waals surface area contributed by atoms with E-state index in [1.807, 2.05) is 0 Å². The van der Waals surface area contributed by atoms with Crippen LogP contribution in [0.25, 0.3) is 0 Å². The van der Waals surface area contributed by atoms with E-state index < -0.39 is 43.6 Å². The molecule has 5 amide bonds. The fraction of sp³-hybridized carbons (Fsp3) is 0.431. The molecule has 0 unspecified atom stereocenters. The first-order valence-electron chi connectivity index (χ1n) is 23.4. The predicted molar refractivity (Wildman–Crippen MR) is 281 cm³/mol. The van der Waals surface area contributed by atoms with E-state index >= 15 is 0 Å². The van der Waals surface area contributed by atoms with Crippen molar-refractivity contribution in [1.29, 1.82) is 0 Å². The number of hydrogen-bond donors (Lipinski definition) is 4. The Morgan fingerprint density at radius 2 is 0.907 bits per heavy atom. The summed E-state index contributed by atoms with van der Waals surface area (Å²) >= 11 is 0. The van der Waals surface area contributed by atoms with Gasteiger partial charge in [0.05, 0.1) is 37.2 Å². The van der Waals surface area contributed by atoms with E-state index in [0.29, 0.717) is 51.4 Å². The minimum Gasteiger partial charge on any atom is -0.497 e. The molecule has 0 aromatic heterocycles. The van der Waals surface area contributed by atoms with Gasteiger partial charge in [0.25, 0.3) is 11.8 Å². The van der Waals surface area contributed by atoms with Crippen LogP contribution in [-0.4, -0.2) is 152 Å². The summed E-state index contributed by atoms with van der Waals surface area (Å²) in [6.07, 6.45) is -0.777. The highest BCUT2D eigenvalue weighted by Gasteiger charge is 2.27. The molecule has 0 saturated heterocycles. The number of nitrogen functional groups attached to an aromatic ring is 1. The van der Waals surface area contributed by atoms with E-state index in [9.17, 15) is 40.8 Å². The molecule has 0 heterocycles. The fourth-order valence-corrected chi connectivity index (χ4v) is 10.3. The SMILES string of the molecule is COc1cc(C)c(S(=O)(=O)N(C)CCOCC(=O)N(C)Cc2ccc(C(=O)NN)cc2)c(C)c1.COc1cc(C)c(S(=O)(=O)N(C)CCOCC(=O)N(C)Cc2ccc(C(=O)NNC(=O)OC(C)(C)C)cc2)c(C)c1. The number of rotatable bonds is 22. The zero-order valence-electron chi connectivity index (χ0n) is 45.0. The number of hydrazine groups is 2. The molecule has 0 aliphatic heterocycles. The van der Waals surface area contributed by atoms with Crippen molar-refractivity contribution in [2.24, 2.45) is 5.84 Å². The molecule has 4 aromatic carbocycles. The maximum absolute atomic E-state index is 13.1. The van der Waals surface area contributed by atoms with Gasteiger partial charge < -0.3 is 33.5 Å². The molecule has 0 spiro atoms. The molecule has 4 rings (SSSR count). The Bertz CT molecular complexity index is 2800. The molecule has 5 N–H and O–H groups in total. The average Bonchev–Trinajstić information content (AvgIpc) is 3.34. The third kappa shape index (κ3) is 18.9. The molecular weight excluding hydrogens is 1010 g/mol. The van der Waals surface area contributed by atoms with Crippen molar-refractivity contribution in [3.8, 4) is 11.5 Å². The summed E-state index contributed by atoms with van der Waals surface area (Å²) in [4.78, 5) is 63.7. The van der Waals surface area contributed by atoms with E-state index in [4.69, 9.17) is 29.5 Å². The highest BCUT2D eigenvalue weighted by Crippen LogP contribution is 2.29. The Hall–Kier alpha value is -6.67. The Morgan fingerprint density at radius 1 is 0.560 bits per heavy atom. The molecule has 0 fully saturated rings. The van der Waals surface area contributed by atoms with Gasteiger partial charge in [-0.3, -0.25) is 30.0 Å². The molecule has 0 bridgehead atoms. The van der Waals surface area contributed by atoms with Crippen LogP contribution in [0.3, 0.4) is 0 Å². The topological polar surface area (TPSA) is 275 Å². The molecule has 0 atom stereocenters. The van der Waals surface area contributed by atoms with Crippen LogP contribution in [-0.2, 0) is 56.9 Å². The lowest BCUT2D eigenvalue weighted by atomic mass is 10.1. The smallest absolute Gasteiger partial charge is 0.426 e. The van der Waals surface area contributed by atoms with E-state index in [1.54, 1.807) is 135 Å². The van der Waals surface area contributed by atoms with Crippen LogP contribution in [0.4, 0.5) is 4.79 Å². The molecule has 0 radical (unpaired) electrons. The first-order chi connectivity index (χ1) is 35.0. The molecule has 0 saturated carbocycles. The maximum atomic E-state index is 13.1. The standard InChI is InChI=1S/C28H40N4O8S.C23H32N4O6S/c1-19-15-23(38-8)16-20(2)25(19)41(36,37)32(7)13-14-39-18-24(33)31(6)17-21-9-11-22(12-10-21)26(34)29-30-27(35)40-28(3,4)5;1-16-12-20(32-5)13-17(2)22(16)34(30,31)27(4)10-11-33-15-21(28)26(3)14-18-6-8-19(9-7-18)23(29)25-24/h9-12,15-16H,13-14,17-18H2,1-8H3,(H,29,34)(H,30,35);6-9,12-13H,10-11,14-15,24H2,1-5H3,(H,25,29). The number of benzene rings is 4. The molecule has 4 aromatic rings. The van der Waals surface area contributed by atoms with Gasteiger partial charge in [0.1, 0.15) is 30.3 Å². The minimum atomic E-state index is -3.76. The molecule has 0 aliphatic rings. The summed E-state index contributed by atoms with van der Waals surface area (Å²) in [7, 11) is 1.76. The maximum Gasteiger partial charge on any atom is 0.426 e. The van der Waals surface area contributed by atoms with Crippen LogP contribution in [0.1, 0.15) is 74.9 Å². The van der Waals surface area contributed by atoms with Crippen LogP contribution in [0.5, 0.6) is 11.5 Å². The van der Waals surface area contributed by atoms with Crippen LogP contribution >= 0.6 is 0 Å². The largest absolute Gasteiger partial charge is 0.497 e. The minimum absolute atomic E-state index is 0.0324. The number of ether oxygens (including phenoxy) is 5. The lowest BCUT2D eigenvalue weighted by Crippen LogP contribution is -2.44. The summed E-state index contributed by atoms with van der Waals surface area (Å²) < 4.78 is 81.0. The van der Waals surface area contributed by atoms with Crippen LogP contribution < -0.4 is 31.6 Å². The van der Waals surface area contributed by atoms with Crippen molar-refractivity contribution >= 4 is 49.8 Å². The molecule has 22 nitrogen and oxygen atoms in total. The third-order valence-corrected chi connectivity index (χ3v) is 15.5. The van der Waals surface area contributed by atoms with Crippen molar-refractivity contribution in [1.82, 2.24) is 34.7 Å². The van der Waals surface area contributed by atoms with E-state index in [2.05, 4.69) is 16.3 Å². The van der Waals surface area contributed by atoms with Crippen LogP contribution in [0, 0.1) is 27.7 Å². The fourth-order valence-electron chi connectivity index (χ4n) is 7.16. The lowest BCUT2D eigenvalue weighted by Gasteiger charge is -2.21. The highest BCUT2D eigenvalue weighted by atomic mass is 32.2. The highest BCUT2D eigenvalue weighted by molar-refractivity contribution is 7.89. The van der Waals surface area contributed by atoms with Gasteiger partial charge in [-0.15, -0.1) is 0 Å². The average molecular weight is 1090 g/mol. The summed E-state index contributed by atoms with van der Waals surface area (Å²) in [5, 5.41) is 0. The van der Waals surface area contributed by atoms with Crippen molar-refractivity contribution in [3.05, 3.63) is 117 Å². The number of carbonyl (C=O) groups excluding carboxylic acids is 5. The first kappa shape index (κ1) is 62.6. The Labute approximate surface area is 440 Å². The van der Waals surface area contributed by atoms with E-state index in [1.165, 1.54) is 46.7 Å². The second kappa shape index (κ2) is 28.3. The normalized spacial score (nSPS) is 11.5. The zero-order valence-corrected chi connectivity index (χ0v) is 46.6. The van der Waals surface area contributed by atoms with Gasteiger partial charge in [-0.25, -0.2) is 32.9 Å². The summed E-state index contributed by atoms with van der Waals surface area (Å²) in [5.41, 5.74) is 10.5. The van der Waals surface area contributed by atoms with Crippen molar-refractivity contribution in [2.45, 2.75) is 76.9 Å². The van der Waals surface area contributed by atoms with Gasteiger partial charge in [-0.2, -0.15) is 8.61 Å². The van der Waals surface area contributed by atoms with Gasteiger partial charge >= 0.3 is 6.09 Å². The van der Waals surface area contributed by atoms with E-state index in [0.717, 1.165) is 11.1 Å². The van der Waals surface area contributed by atoms with Crippen LogP contribution in [0.2, 0.25) is 0 Å². The second-order valence-corrected chi connectivity index (χ2v) is 22.4. The van der Waals surface area contributed by atoms with Crippen molar-refractivity contribution in [2.75, 3.05) is 81.9 Å². The molecule has 412 valence electrons. The number of amides is 5. The molecular formula is C51H72N8O14S2. The van der Waals surface area contributed by atoms with Gasteiger partial charge in [0.2, 0.25) is 31.9 Å². The van der Waals surface area contributed by atoms with Crippen LogP contribution in [0.15, 0.2) is 82.6 Å². The number of carbonyl (C=O) groups is 5. The number of hydrogen-bond acceptors (Lipinski definition) is 15. The zero-order chi connectivity index (χ0) is 56.4. The van der Waals surface area contributed by atoms with Gasteiger partial charge in [-0.1, -0.05) is 24.3 Å². The number of nitrogens with zero attached hydrogens (tertiary/aromatic N) is 4. The number of methoxy groups -OCH3 is 2. The number of likely N-dealkylation sites (N-methyl/N-ethyl adjacent to an activating group) is 4. The van der Waals surface area contributed by atoms with Crippen molar-refractivity contribution in [3.63, 3.8) is 0 Å². The monoisotopic (exact) mass is 1080 g/mol. The van der Waals surface area contributed by atoms with Crippen molar-refractivity contribution < 1.29 is 64.5 Å². The van der Waals surface area contributed by atoms with Gasteiger partial charge in [-0.05, 0) is 130 Å². The number of aryl methyl sites for hydroxylation is 4. The molecule has 75 heavy (non-hydrogen) atoms. The number of sulfonamides is 2. The molecule has 24 heteroatoms. The Kier molecular flexibility index (Phi) is 23.6.